The van der Waals surface area contributed by atoms with Gasteiger partial charge in [0.1, 0.15) is 11.6 Å². The number of nitrogens with one attached hydrogen (secondary N) is 2. The summed E-state index contributed by atoms with van der Waals surface area (Å²) in [4.78, 5) is 12.1. The molecule has 0 aromatic heterocycles. The summed E-state index contributed by atoms with van der Waals surface area (Å²) in [7, 11) is 0. The SMILES string of the molecule is Cc1ccc(Cl)cc1N/C=C(/C#N)C(=O)NCc1ccccc1Cl. The molecule has 0 radical (unpaired) electrons. The highest BCUT2D eigenvalue weighted by molar-refractivity contribution is 6.31. The Balaban J connectivity index is 2.05. The molecule has 0 bridgehead atoms. The minimum absolute atomic E-state index is 0.0403. The Hall–Kier alpha value is -2.48. The van der Waals surface area contributed by atoms with E-state index in [9.17, 15) is 10.1 Å². The van der Waals surface area contributed by atoms with Gasteiger partial charge >= 0.3 is 0 Å². The molecule has 2 aromatic carbocycles. The van der Waals surface area contributed by atoms with Gasteiger partial charge in [0.25, 0.3) is 5.91 Å². The van der Waals surface area contributed by atoms with Gasteiger partial charge in [0.15, 0.2) is 0 Å². The molecule has 0 aliphatic rings. The molecular weight excluding hydrogens is 345 g/mol. The lowest BCUT2D eigenvalue weighted by atomic mass is 10.2. The standard InChI is InChI=1S/C18H15Cl2N3O/c1-12-6-7-15(19)8-17(12)22-11-14(9-21)18(24)23-10-13-4-2-3-5-16(13)20/h2-8,11,22H,10H2,1H3,(H,23,24)/b14-11-. The van der Waals surface area contributed by atoms with Gasteiger partial charge in [-0.3, -0.25) is 4.79 Å². The normalized spacial score (nSPS) is 10.8. The van der Waals surface area contributed by atoms with E-state index in [0.29, 0.717) is 10.0 Å². The molecule has 2 aromatic rings. The van der Waals surface area contributed by atoms with Crippen LogP contribution in [0.4, 0.5) is 5.69 Å². The first-order valence-electron chi connectivity index (χ1n) is 7.16. The highest BCUT2D eigenvalue weighted by atomic mass is 35.5. The Bertz CT molecular complexity index is 825. The van der Waals surface area contributed by atoms with Crippen molar-refractivity contribution in [3.05, 3.63) is 75.4 Å². The number of carbonyl (C=O) groups excluding carboxylic acids is 1. The number of hydrogen-bond acceptors (Lipinski definition) is 3. The van der Waals surface area contributed by atoms with Crippen LogP contribution in [0.2, 0.25) is 10.0 Å². The van der Waals surface area contributed by atoms with Gasteiger partial charge in [-0.05, 0) is 36.2 Å². The first kappa shape index (κ1) is 17.9. The summed E-state index contributed by atoms with van der Waals surface area (Å²) in [6.07, 6.45) is 1.36. The van der Waals surface area contributed by atoms with Gasteiger partial charge in [-0.1, -0.05) is 47.5 Å². The van der Waals surface area contributed by atoms with Crippen molar-refractivity contribution in [3.63, 3.8) is 0 Å². The van der Waals surface area contributed by atoms with Crippen LogP contribution >= 0.6 is 23.2 Å². The molecule has 0 saturated heterocycles. The Labute approximate surface area is 150 Å². The van der Waals surface area contributed by atoms with Crippen molar-refractivity contribution in [3.8, 4) is 6.07 Å². The molecule has 6 heteroatoms. The zero-order valence-corrected chi connectivity index (χ0v) is 14.4. The Morgan fingerprint density at radius 2 is 2.00 bits per heavy atom. The number of halogens is 2. The number of anilines is 1. The molecule has 1 amide bonds. The number of aryl methyl sites for hydroxylation is 1. The molecule has 0 fully saturated rings. The average molecular weight is 360 g/mol. The van der Waals surface area contributed by atoms with Gasteiger partial charge < -0.3 is 10.6 Å². The molecule has 2 rings (SSSR count). The Morgan fingerprint density at radius 1 is 1.25 bits per heavy atom. The van der Waals surface area contributed by atoms with Crippen LogP contribution in [0.25, 0.3) is 0 Å². The second-order valence-electron chi connectivity index (χ2n) is 5.05. The molecule has 0 heterocycles. The van der Waals surface area contributed by atoms with Crippen molar-refractivity contribution in [2.24, 2.45) is 0 Å². The van der Waals surface area contributed by atoms with Crippen LogP contribution in [0.1, 0.15) is 11.1 Å². The van der Waals surface area contributed by atoms with Crippen LogP contribution in [0.15, 0.2) is 54.2 Å². The fourth-order valence-electron chi connectivity index (χ4n) is 1.96. The number of hydrogen-bond donors (Lipinski definition) is 2. The molecule has 24 heavy (non-hydrogen) atoms. The minimum atomic E-state index is -0.482. The minimum Gasteiger partial charge on any atom is -0.360 e. The van der Waals surface area contributed by atoms with E-state index in [1.165, 1.54) is 6.20 Å². The third-order valence-corrected chi connectivity index (χ3v) is 3.94. The maximum absolute atomic E-state index is 12.1. The highest BCUT2D eigenvalue weighted by Crippen LogP contribution is 2.20. The number of benzene rings is 2. The van der Waals surface area contributed by atoms with Crippen molar-refractivity contribution in [2.75, 3.05) is 5.32 Å². The summed E-state index contributed by atoms with van der Waals surface area (Å²) in [6.45, 7) is 2.14. The van der Waals surface area contributed by atoms with Crippen LogP contribution in [0, 0.1) is 18.3 Å². The lowest BCUT2D eigenvalue weighted by molar-refractivity contribution is -0.117. The second kappa shape index (κ2) is 8.39. The summed E-state index contributed by atoms with van der Waals surface area (Å²) in [5, 5.41) is 15.9. The zero-order valence-electron chi connectivity index (χ0n) is 12.9. The molecule has 122 valence electrons. The number of nitrogens with zero attached hydrogens (tertiary/aromatic N) is 1. The second-order valence-corrected chi connectivity index (χ2v) is 5.89. The van der Waals surface area contributed by atoms with Gasteiger partial charge in [0.05, 0.1) is 0 Å². The van der Waals surface area contributed by atoms with Crippen molar-refractivity contribution < 1.29 is 4.79 Å². The maximum Gasteiger partial charge on any atom is 0.263 e. The van der Waals surface area contributed by atoms with E-state index >= 15 is 0 Å². The zero-order chi connectivity index (χ0) is 17.5. The van der Waals surface area contributed by atoms with Crippen molar-refractivity contribution in [1.82, 2.24) is 5.32 Å². The van der Waals surface area contributed by atoms with E-state index in [2.05, 4.69) is 10.6 Å². The lowest BCUT2D eigenvalue weighted by Crippen LogP contribution is -2.24. The molecule has 0 unspecified atom stereocenters. The van der Waals surface area contributed by atoms with Crippen molar-refractivity contribution in [2.45, 2.75) is 13.5 Å². The first-order valence-corrected chi connectivity index (χ1v) is 7.91. The van der Waals surface area contributed by atoms with Crippen LogP contribution in [0.5, 0.6) is 0 Å². The number of amides is 1. The molecule has 2 N–H and O–H groups in total. The van der Waals surface area contributed by atoms with Gasteiger partial charge in [-0.25, -0.2) is 0 Å². The molecule has 0 aliphatic carbocycles. The van der Waals surface area contributed by atoms with Gasteiger partial charge in [0, 0.05) is 28.5 Å². The van der Waals surface area contributed by atoms with E-state index in [-0.39, 0.29) is 12.1 Å². The van der Waals surface area contributed by atoms with Crippen LogP contribution < -0.4 is 10.6 Å². The monoisotopic (exact) mass is 359 g/mol. The quantitative estimate of drug-likeness (QED) is 0.612. The predicted molar refractivity (Wildman–Crippen MR) is 96.8 cm³/mol. The molecule has 0 spiro atoms. The molecular formula is C18H15Cl2N3O. The smallest absolute Gasteiger partial charge is 0.263 e. The fraction of sp³-hybridized carbons (Fsp3) is 0.111. The molecule has 0 saturated carbocycles. The van der Waals surface area contributed by atoms with Crippen LogP contribution in [-0.2, 0) is 11.3 Å². The van der Waals surface area contributed by atoms with Gasteiger partial charge in [-0.2, -0.15) is 5.26 Å². The van der Waals surface area contributed by atoms with E-state index < -0.39 is 5.91 Å². The summed E-state index contributed by atoms with van der Waals surface area (Å²) in [6, 6.07) is 14.4. The number of rotatable bonds is 5. The first-order chi connectivity index (χ1) is 11.5. The summed E-state index contributed by atoms with van der Waals surface area (Å²) >= 11 is 12.0. The third kappa shape index (κ3) is 4.76. The van der Waals surface area contributed by atoms with Crippen molar-refractivity contribution >= 4 is 34.8 Å². The number of nitriles is 1. The number of carbonyl (C=O) groups is 1. The van der Waals surface area contributed by atoms with Crippen LogP contribution in [-0.4, -0.2) is 5.91 Å². The molecule has 0 aliphatic heterocycles. The van der Waals surface area contributed by atoms with E-state index in [4.69, 9.17) is 23.2 Å². The molecule has 0 atom stereocenters. The van der Waals surface area contributed by atoms with E-state index in [1.54, 1.807) is 18.2 Å². The summed E-state index contributed by atoms with van der Waals surface area (Å²) in [5.41, 5.74) is 2.42. The largest absolute Gasteiger partial charge is 0.360 e. The Morgan fingerprint density at radius 3 is 2.71 bits per heavy atom. The third-order valence-electron chi connectivity index (χ3n) is 3.33. The van der Waals surface area contributed by atoms with Crippen molar-refractivity contribution in [1.29, 1.82) is 5.26 Å². The summed E-state index contributed by atoms with van der Waals surface area (Å²) in [5.74, 6) is -0.482. The average Bonchev–Trinajstić information content (AvgIpc) is 2.57. The maximum atomic E-state index is 12.1. The lowest BCUT2D eigenvalue weighted by Gasteiger charge is -2.08. The fourth-order valence-corrected chi connectivity index (χ4v) is 2.34. The highest BCUT2D eigenvalue weighted by Gasteiger charge is 2.10. The Kier molecular flexibility index (Phi) is 6.25. The van der Waals surface area contributed by atoms with Gasteiger partial charge in [0.2, 0.25) is 0 Å². The topological polar surface area (TPSA) is 64.9 Å². The van der Waals surface area contributed by atoms with E-state index in [0.717, 1.165) is 16.8 Å². The molecule has 4 nitrogen and oxygen atoms in total. The predicted octanol–water partition coefficient (Wildman–Crippen LogP) is 4.44. The van der Waals surface area contributed by atoms with Gasteiger partial charge in [-0.15, -0.1) is 0 Å². The summed E-state index contributed by atoms with van der Waals surface area (Å²) < 4.78 is 0. The van der Waals surface area contributed by atoms with Crippen LogP contribution in [0.3, 0.4) is 0 Å². The van der Waals surface area contributed by atoms with E-state index in [1.807, 2.05) is 37.3 Å².